The zero-order valence-electron chi connectivity index (χ0n) is 20.2. The quantitative estimate of drug-likeness (QED) is 0.107. The molecule has 190 valence electrons. The molecular formula is C28H26N2O7. The second kappa shape index (κ2) is 11.5. The molecule has 4 rings (SSSR count). The van der Waals surface area contributed by atoms with Crippen molar-refractivity contribution in [3.63, 3.8) is 0 Å². The second-order valence-electron chi connectivity index (χ2n) is 8.49. The molecule has 1 unspecified atom stereocenters. The number of ether oxygens (including phenoxy) is 2. The van der Waals surface area contributed by atoms with Gasteiger partial charge in [0.05, 0.1) is 16.5 Å². The van der Waals surface area contributed by atoms with Gasteiger partial charge in [0.25, 0.3) is 17.4 Å². The molecule has 0 aromatic heterocycles. The number of ketones is 1. The molecule has 3 aromatic carbocycles. The summed E-state index contributed by atoms with van der Waals surface area (Å²) in [7, 11) is 1.53. The molecule has 1 saturated heterocycles. The molecule has 37 heavy (non-hydrogen) atoms. The molecule has 1 aliphatic heterocycles. The van der Waals surface area contributed by atoms with E-state index >= 15 is 0 Å². The number of hydrogen-bond acceptors (Lipinski definition) is 7. The fourth-order valence-corrected chi connectivity index (χ4v) is 4.25. The van der Waals surface area contributed by atoms with Gasteiger partial charge in [0, 0.05) is 38.0 Å². The minimum atomic E-state index is -0.981. The standard InChI is InChI=1S/C28H26N2O7/c1-36-16-6-15-29-25(21-9-5-10-22(17-21)30(34)35)24(27(32)28(29)33)26(31)20-11-13-23(14-12-20)37-18-19-7-3-2-4-8-19/h2-5,7-14,17,25,31H,6,15-16,18H2,1H3/b26-24+. The van der Waals surface area contributed by atoms with Crippen LogP contribution in [0.3, 0.4) is 0 Å². The maximum Gasteiger partial charge on any atom is 0.295 e. The van der Waals surface area contributed by atoms with Gasteiger partial charge in [-0.25, -0.2) is 0 Å². The van der Waals surface area contributed by atoms with Crippen molar-refractivity contribution in [2.75, 3.05) is 20.3 Å². The summed E-state index contributed by atoms with van der Waals surface area (Å²) in [5.41, 5.74) is 1.37. The minimum absolute atomic E-state index is 0.124. The van der Waals surface area contributed by atoms with E-state index < -0.39 is 22.7 Å². The van der Waals surface area contributed by atoms with Crippen LogP contribution in [0.1, 0.15) is 29.2 Å². The van der Waals surface area contributed by atoms with Crippen LogP contribution < -0.4 is 4.74 Å². The van der Waals surface area contributed by atoms with Crippen molar-refractivity contribution in [2.24, 2.45) is 0 Å². The molecule has 0 aliphatic carbocycles. The van der Waals surface area contributed by atoms with Crippen molar-refractivity contribution in [1.29, 1.82) is 0 Å². The first-order valence-electron chi connectivity index (χ1n) is 11.7. The molecule has 9 heteroatoms. The third kappa shape index (κ3) is 5.68. The van der Waals surface area contributed by atoms with Crippen LogP contribution in [0.25, 0.3) is 5.76 Å². The van der Waals surface area contributed by atoms with Crippen LogP contribution in [-0.2, 0) is 20.9 Å². The van der Waals surface area contributed by atoms with Crippen molar-refractivity contribution >= 4 is 23.1 Å². The van der Waals surface area contributed by atoms with Crippen LogP contribution >= 0.6 is 0 Å². The molecule has 0 radical (unpaired) electrons. The van der Waals surface area contributed by atoms with Crippen LogP contribution in [-0.4, -0.2) is 46.9 Å². The molecule has 0 saturated carbocycles. The lowest BCUT2D eigenvalue weighted by molar-refractivity contribution is -0.384. The molecule has 1 N–H and O–H groups in total. The topological polar surface area (TPSA) is 119 Å². The SMILES string of the molecule is COCCCN1C(=O)C(=O)/C(=C(/O)c2ccc(OCc3ccccc3)cc2)C1c1cccc([N+](=O)[O-])c1. The van der Waals surface area contributed by atoms with E-state index in [1.165, 1.54) is 30.2 Å². The van der Waals surface area contributed by atoms with Crippen LogP contribution in [0.2, 0.25) is 0 Å². The fraction of sp³-hybridized carbons (Fsp3) is 0.214. The number of benzene rings is 3. The van der Waals surface area contributed by atoms with Crippen molar-refractivity contribution in [2.45, 2.75) is 19.1 Å². The van der Waals surface area contributed by atoms with Crippen molar-refractivity contribution in [1.82, 2.24) is 4.90 Å². The van der Waals surface area contributed by atoms with E-state index in [4.69, 9.17) is 9.47 Å². The summed E-state index contributed by atoms with van der Waals surface area (Å²) in [6, 6.07) is 20.9. The first kappa shape index (κ1) is 25.6. The summed E-state index contributed by atoms with van der Waals surface area (Å²) < 4.78 is 10.9. The normalized spacial score (nSPS) is 16.7. The van der Waals surface area contributed by atoms with Crippen LogP contribution in [0, 0.1) is 10.1 Å². The first-order chi connectivity index (χ1) is 17.9. The Kier molecular flexibility index (Phi) is 7.95. The Morgan fingerprint density at radius 2 is 1.76 bits per heavy atom. The molecule has 1 atom stereocenters. The number of aliphatic hydroxyl groups is 1. The average Bonchev–Trinajstić information content (AvgIpc) is 3.17. The minimum Gasteiger partial charge on any atom is -0.507 e. The summed E-state index contributed by atoms with van der Waals surface area (Å²) in [6.07, 6.45) is 0.447. The predicted octanol–water partition coefficient (Wildman–Crippen LogP) is 4.63. The highest BCUT2D eigenvalue weighted by Gasteiger charge is 2.46. The summed E-state index contributed by atoms with van der Waals surface area (Å²) in [6.45, 7) is 0.898. The van der Waals surface area contributed by atoms with Gasteiger partial charge in [-0.3, -0.25) is 19.7 Å². The summed E-state index contributed by atoms with van der Waals surface area (Å²) in [5, 5.41) is 22.6. The fourth-order valence-electron chi connectivity index (χ4n) is 4.25. The van der Waals surface area contributed by atoms with Gasteiger partial charge < -0.3 is 19.5 Å². The van der Waals surface area contributed by atoms with Crippen LogP contribution in [0.15, 0.2) is 84.4 Å². The van der Waals surface area contributed by atoms with E-state index in [-0.39, 0.29) is 23.6 Å². The second-order valence-corrected chi connectivity index (χ2v) is 8.49. The van der Waals surface area contributed by atoms with Crippen molar-refractivity contribution in [3.05, 3.63) is 111 Å². The molecule has 1 aliphatic rings. The number of carbonyl (C=O) groups is 2. The van der Waals surface area contributed by atoms with Crippen LogP contribution in [0.4, 0.5) is 5.69 Å². The molecule has 1 heterocycles. The van der Waals surface area contributed by atoms with Gasteiger partial charge >= 0.3 is 0 Å². The van der Waals surface area contributed by atoms with Crippen molar-refractivity contribution < 1.29 is 29.1 Å². The summed E-state index contributed by atoms with van der Waals surface area (Å²) in [4.78, 5) is 38.2. The first-order valence-corrected chi connectivity index (χ1v) is 11.7. The highest BCUT2D eigenvalue weighted by atomic mass is 16.6. The van der Waals surface area contributed by atoms with Crippen LogP contribution in [0.5, 0.6) is 5.75 Å². The number of carbonyl (C=O) groups excluding carboxylic acids is 2. The van der Waals surface area contributed by atoms with E-state index in [0.717, 1.165) is 5.56 Å². The lowest BCUT2D eigenvalue weighted by Gasteiger charge is -2.25. The van der Waals surface area contributed by atoms with Gasteiger partial charge in [-0.05, 0) is 41.8 Å². The van der Waals surface area contributed by atoms with Gasteiger partial charge in [0.2, 0.25) is 0 Å². The summed E-state index contributed by atoms with van der Waals surface area (Å²) >= 11 is 0. The maximum absolute atomic E-state index is 13.1. The Morgan fingerprint density at radius 3 is 2.43 bits per heavy atom. The van der Waals surface area contributed by atoms with Gasteiger partial charge in [-0.2, -0.15) is 0 Å². The molecule has 1 fully saturated rings. The number of aliphatic hydroxyl groups excluding tert-OH is 1. The van der Waals surface area contributed by atoms with Gasteiger partial charge in [0.15, 0.2) is 0 Å². The van der Waals surface area contributed by atoms with E-state index in [0.29, 0.717) is 36.5 Å². The van der Waals surface area contributed by atoms with E-state index in [1.54, 1.807) is 30.3 Å². The largest absolute Gasteiger partial charge is 0.507 e. The van der Waals surface area contributed by atoms with Crippen molar-refractivity contribution in [3.8, 4) is 5.75 Å². The molecule has 0 bridgehead atoms. The zero-order valence-corrected chi connectivity index (χ0v) is 20.2. The highest BCUT2D eigenvalue weighted by molar-refractivity contribution is 6.46. The van der Waals surface area contributed by atoms with Gasteiger partial charge in [0.1, 0.15) is 18.1 Å². The van der Waals surface area contributed by atoms with E-state index in [1.807, 2.05) is 30.3 Å². The Labute approximate surface area is 213 Å². The lowest BCUT2D eigenvalue weighted by atomic mass is 9.95. The predicted molar refractivity (Wildman–Crippen MR) is 136 cm³/mol. The number of Topliss-reactive ketones (excluding diaryl/α,β-unsaturated/α-hetero) is 1. The number of amides is 1. The third-order valence-electron chi connectivity index (χ3n) is 6.06. The van der Waals surface area contributed by atoms with Gasteiger partial charge in [-0.15, -0.1) is 0 Å². The number of nitro benzene ring substituents is 1. The molecule has 1 amide bonds. The molecular weight excluding hydrogens is 476 g/mol. The molecule has 0 spiro atoms. The number of nitro groups is 1. The Hall–Kier alpha value is -4.50. The number of non-ortho nitro benzene ring substituents is 1. The Balaban J connectivity index is 1.68. The van der Waals surface area contributed by atoms with E-state index in [2.05, 4.69) is 0 Å². The number of hydrogen-bond donors (Lipinski definition) is 1. The molecule has 9 nitrogen and oxygen atoms in total. The zero-order chi connectivity index (χ0) is 26.4. The van der Waals surface area contributed by atoms with E-state index in [9.17, 15) is 24.8 Å². The number of methoxy groups -OCH3 is 1. The lowest BCUT2D eigenvalue weighted by Crippen LogP contribution is -2.31. The smallest absolute Gasteiger partial charge is 0.295 e. The highest BCUT2D eigenvalue weighted by Crippen LogP contribution is 2.40. The summed E-state index contributed by atoms with van der Waals surface area (Å²) in [5.74, 6) is -1.43. The monoisotopic (exact) mass is 502 g/mol. The Bertz CT molecular complexity index is 1320. The number of likely N-dealkylation sites (tertiary alicyclic amines) is 1. The van der Waals surface area contributed by atoms with Gasteiger partial charge in [-0.1, -0.05) is 42.5 Å². The number of rotatable bonds is 10. The number of nitrogens with zero attached hydrogens (tertiary/aromatic N) is 2. The average molecular weight is 503 g/mol. The molecule has 3 aromatic rings. The Morgan fingerprint density at radius 1 is 1.03 bits per heavy atom. The maximum atomic E-state index is 13.1. The third-order valence-corrected chi connectivity index (χ3v) is 6.06.